The fourth-order valence-electron chi connectivity index (χ4n) is 1.50. The molecule has 0 saturated carbocycles. The van der Waals surface area contributed by atoms with E-state index in [2.05, 4.69) is 4.98 Å². The fraction of sp³-hybridized carbons (Fsp3) is 0.143. The molecular weight excluding hydrogens is 304 g/mol. The van der Waals surface area contributed by atoms with Gasteiger partial charge >= 0.3 is 5.97 Å². The van der Waals surface area contributed by atoms with Crippen molar-refractivity contribution in [3.05, 3.63) is 63.1 Å². The van der Waals surface area contributed by atoms with Crippen LogP contribution in [0.15, 0.2) is 30.3 Å². The Labute approximate surface area is 125 Å². The van der Waals surface area contributed by atoms with Crippen LogP contribution in [0.3, 0.4) is 0 Å². The van der Waals surface area contributed by atoms with Crippen LogP contribution in [0.2, 0.25) is 10.2 Å². The number of halogens is 3. The van der Waals surface area contributed by atoms with Gasteiger partial charge in [-0.3, -0.25) is 0 Å². The number of ether oxygens (including phenoxy) is 1. The first-order valence-electron chi connectivity index (χ1n) is 5.71. The summed E-state index contributed by atoms with van der Waals surface area (Å²) >= 11 is 11.6. The zero-order valence-electron chi connectivity index (χ0n) is 10.5. The molecule has 1 heterocycles. The third-order valence-electron chi connectivity index (χ3n) is 2.63. The number of hydrogen-bond acceptors (Lipinski definition) is 3. The van der Waals surface area contributed by atoms with Crippen LogP contribution in [-0.4, -0.2) is 11.0 Å². The minimum absolute atomic E-state index is 0.131. The number of nitrogens with zero attached hydrogens (tertiary/aromatic N) is 1. The lowest BCUT2D eigenvalue weighted by Gasteiger charge is -2.07. The lowest BCUT2D eigenvalue weighted by atomic mass is 10.1. The molecule has 2 aromatic rings. The summed E-state index contributed by atoms with van der Waals surface area (Å²) in [7, 11) is 0. The van der Waals surface area contributed by atoms with E-state index in [0.29, 0.717) is 16.3 Å². The van der Waals surface area contributed by atoms with Crippen molar-refractivity contribution in [2.45, 2.75) is 13.5 Å². The topological polar surface area (TPSA) is 39.2 Å². The normalized spacial score (nSPS) is 10.4. The van der Waals surface area contributed by atoms with E-state index in [1.54, 1.807) is 13.0 Å². The molecule has 0 spiro atoms. The quantitative estimate of drug-likeness (QED) is 0.630. The highest BCUT2D eigenvalue weighted by Crippen LogP contribution is 2.18. The van der Waals surface area contributed by atoms with Gasteiger partial charge in [-0.2, -0.15) is 0 Å². The van der Waals surface area contributed by atoms with Crippen molar-refractivity contribution >= 4 is 29.2 Å². The SMILES string of the molecule is Cc1ccc(C(=O)OCc2nc(Cl)ccc2Cl)cc1F. The van der Waals surface area contributed by atoms with Gasteiger partial charge < -0.3 is 4.74 Å². The Morgan fingerprint density at radius 1 is 1.30 bits per heavy atom. The van der Waals surface area contributed by atoms with Crippen LogP contribution in [0.25, 0.3) is 0 Å². The molecule has 0 aliphatic heterocycles. The third kappa shape index (κ3) is 3.46. The summed E-state index contributed by atoms with van der Waals surface area (Å²) in [5, 5.41) is 0.596. The van der Waals surface area contributed by atoms with Crippen molar-refractivity contribution in [3.63, 3.8) is 0 Å². The van der Waals surface area contributed by atoms with Crippen molar-refractivity contribution in [2.75, 3.05) is 0 Å². The molecule has 104 valence electrons. The number of pyridine rings is 1. The van der Waals surface area contributed by atoms with Gasteiger partial charge in [0.2, 0.25) is 0 Å². The second-order valence-corrected chi connectivity index (χ2v) is 4.90. The molecule has 0 unspecified atom stereocenters. The number of esters is 1. The minimum atomic E-state index is -0.651. The van der Waals surface area contributed by atoms with Gasteiger partial charge in [-0.25, -0.2) is 14.2 Å². The van der Waals surface area contributed by atoms with E-state index in [-0.39, 0.29) is 17.3 Å². The molecule has 2 rings (SSSR count). The Kier molecular flexibility index (Phi) is 4.57. The molecular formula is C14H10Cl2FNO2. The molecule has 0 aliphatic carbocycles. The molecule has 0 amide bonds. The lowest BCUT2D eigenvalue weighted by molar-refractivity contribution is 0.0467. The molecule has 0 atom stereocenters. The van der Waals surface area contributed by atoms with Crippen LogP contribution in [0.1, 0.15) is 21.6 Å². The van der Waals surface area contributed by atoms with E-state index in [4.69, 9.17) is 27.9 Å². The van der Waals surface area contributed by atoms with Gasteiger partial charge in [-0.05, 0) is 36.8 Å². The summed E-state index contributed by atoms with van der Waals surface area (Å²) in [6.07, 6.45) is 0. The molecule has 0 aliphatic rings. The molecule has 1 aromatic carbocycles. The highest BCUT2D eigenvalue weighted by Gasteiger charge is 2.11. The Bertz CT molecular complexity index is 662. The average molecular weight is 314 g/mol. The third-order valence-corrected chi connectivity index (χ3v) is 3.19. The van der Waals surface area contributed by atoms with Crippen molar-refractivity contribution in [1.82, 2.24) is 4.98 Å². The van der Waals surface area contributed by atoms with Gasteiger partial charge in [0.25, 0.3) is 0 Å². The van der Waals surface area contributed by atoms with Crippen LogP contribution in [0, 0.1) is 12.7 Å². The summed E-state index contributed by atoms with van der Waals surface area (Å²) in [6, 6.07) is 7.23. The Morgan fingerprint density at radius 2 is 2.05 bits per heavy atom. The summed E-state index contributed by atoms with van der Waals surface area (Å²) in [5.41, 5.74) is 0.937. The maximum Gasteiger partial charge on any atom is 0.338 e. The van der Waals surface area contributed by atoms with Gasteiger partial charge in [0.1, 0.15) is 17.6 Å². The molecule has 0 saturated heterocycles. The summed E-state index contributed by atoms with van der Waals surface area (Å²) in [6.45, 7) is 1.48. The molecule has 0 bridgehead atoms. The van der Waals surface area contributed by atoms with Crippen LogP contribution < -0.4 is 0 Å². The summed E-state index contributed by atoms with van der Waals surface area (Å²) in [4.78, 5) is 15.7. The number of carbonyl (C=O) groups is 1. The standard InChI is InChI=1S/C14H10Cl2FNO2/c1-8-2-3-9(6-11(8)17)14(19)20-7-12-10(15)4-5-13(16)18-12/h2-6H,7H2,1H3. The molecule has 6 heteroatoms. The van der Waals surface area contributed by atoms with E-state index in [9.17, 15) is 9.18 Å². The zero-order valence-corrected chi connectivity index (χ0v) is 12.0. The van der Waals surface area contributed by atoms with Crippen molar-refractivity contribution < 1.29 is 13.9 Å². The summed E-state index contributed by atoms with van der Waals surface area (Å²) < 4.78 is 18.4. The van der Waals surface area contributed by atoms with Gasteiger partial charge in [-0.1, -0.05) is 29.3 Å². The summed E-state index contributed by atoms with van der Waals surface area (Å²) in [5.74, 6) is -1.11. The monoisotopic (exact) mass is 313 g/mol. The van der Waals surface area contributed by atoms with Crippen molar-refractivity contribution in [3.8, 4) is 0 Å². The lowest BCUT2D eigenvalue weighted by Crippen LogP contribution is -2.07. The molecule has 0 N–H and O–H groups in total. The number of carbonyl (C=O) groups excluding carboxylic acids is 1. The smallest absolute Gasteiger partial charge is 0.338 e. The van der Waals surface area contributed by atoms with E-state index in [0.717, 1.165) is 6.07 Å². The second-order valence-electron chi connectivity index (χ2n) is 4.10. The van der Waals surface area contributed by atoms with Crippen LogP contribution in [0.5, 0.6) is 0 Å². The van der Waals surface area contributed by atoms with Crippen LogP contribution in [-0.2, 0) is 11.3 Å². The minimum Gasteiger partial charge on any atom is -0.456 e. The number of benzene rings is 1. The highest BCUT2D eigenvalue weighted by molar-refractivity contribution is 6.32. The number of rotatable bonds is 3. The number of aromatic nitrogens is 1. The largest absolute Gasteiger partial charge is 0.456 e. The van der Waals surface area contributed by atoms with E-state index >= 15 is 0 Å². The Morgan fingerprint density at radius 3 is 2.75 bits per heavy atom. The first-order chi connectivity index (χ1) is 9.47. The predicted molar refractivity (Wildman–Crippen MR) is 74.5 cm³/mol. The fourth-order valence-corrected chi connectivity index (χ4v) is 1.82. The molecule has 3 nitrogen and oxygen atoms in total. The molecule has 20 heavy (non-hydrogen) atoms. The van der Waals surface area contributed by atoms with Gasteiger partial charge in [0, 0.05) is 0 Å². The van der Waals surface area contributed by atoms with Gasteiger partial charge in [0.05, 0.1) is 16.3 Å². The Hall–Kier alpha value is -1.65. The zero-order chi connectivity index (χ0) is 14.7. The first-order valence-corrected chi connectivity index (χ1v) is 6.47. The number of hydrogen-bond donors (Lipinski definition) is 0. The molecule has 0 fully saturated rings. The highest BCUT2D eigenvalue weighted by atomic mass is 35.5. The predicted octanol–water partition coefficient (Wildman–Crippen LogP) is 4.19. The van der Waals surface area contributed by atoms with Crippen molar-refractivity contribution in [1.29, 1.82) is 0 Å². The van der Waals surface area contributed by atoms with Gasteiger partial charge in [0.15, 0.2) is 0 Å². The second kappa shape index (κ2) is 6.20. The van der Waals surface area contributed by atoms with Crippen LogP contribution >= 0.6 is 23.2 Å². The van der Waals surface area contributed by atoms with Crippen molar-refractivity contribution in [2.24, 2.45) is 0 Å². The maximum atomic E-state index is 13.4. The number of aryl methyl sites for hydroxylation is 1. The van der Waals surface area contributed by atoms with E-state index in [1.165, 1.54) is 18.2 Å². The maximum absolute atomic E-state index is 13.4. The van der Waals surface area contributed by atoms with Crippen LogP contribution in [0.4, 0.5) is 4.39 Å². The molecule has 0 radical (unpaired) electrons. The van der Waals surface area contributed by atoms with E-state index in [1.807, 2.05) is 0 Å². The first kappa shape index (κ1) is 14.8. The van der Waals surface area contributed by atoms with Gasteiger partial charge in [-0.15, -0.1) is 0 Å². The average Bonchev–Trinajstić information content (AvgIpc) is 2.42. The van der Waals surface area contributed by atoms with E-state index < -0.39 is 11.8 Å². The molecule has 1 aromatic heterocycles. The Balaban J connectivity index is 2.08.